The van der Waals surface area contributed by atoms with Crippen LogP contribution in [0.4, 0.5) is 4.79 Å². The molecule has 0 aromatic heterocycles. The first kappa shape index (κ1) is 14.2. The van der Waals surface area contributed by atoms with E-state index < -0.39 is 18.5 Å². The van der Waals surface area contributed by atoms with Gasteiger partial charge in [0, 0.05) is 20.0 Å². The van der Waals surface area contributed by atoms with E-state index in [1.54, 1.807) is 0 Å². The molecule has 16 heavy (non-hydrogen) atoms. The number of carboxylic acid groups (broad SMARTS) is 1. The minimum absolute atomic E-state index is 0.229. The maximum absolute atomic E-state index is 11.2. The van der Waals surface area contributed by atoms with Gasteiger partial charge in [0.25, 0.3) is 0 Å². The topological polar surface area (TPSA) is 95.9 Å². The van der Waals surface area contributed by atoms with Gasteiger partial charge >= 0.3 is 18.0 Å². The van der Waals surface area contributed by atoms with Crippen molar-refractivity contribution in [3.05, 3.63) is 0 Å². The first-order valence-electron chi connectivity index (χ1n) is 4.75. The van der Waals surface area contributed by atoms with Gasteiger partial charge in [-0.1, -0.05) is 0 Å². The van der Waals surface area contributed by atoms with Crippen LogP contribution in [0.15, 0.2) is 0 Å². The molecule has 0 rings (SSSR count). The zero-order valence-corrected chi connectivity index (χ0v) is 9.36. The average molecular weight is 232 g/mol. The highest BCUT2D eigenvalue weighted by Gasteiger charge is 2.09. The van der Waals surface area contributed by atoms with Crippen LogP contribution in [0.1, 0.15) is 12.8 Å². The Kier molecular flexibility index (Phi) is 6.66. The second kappa shape index (κ2) is 7.49. The zero-order valence-electron chi connectivity index (χ0n) is 9.36. The number of carbonyl (C=O) groups is 3. The second-order valence-electron chi connectivity index (χ2n) is 3.15. The lowest BCUT2D eigenvalue weighted by atomic mass is 10.3. The van der Waals surface area contributed by atoms with Gasteiger partial charge in [-0.2, -0.15) is 0 Å². The number of aliphatic carboxylic acids is 1. The zero-order chi connectivity index (χ0) is 12.6. The van der Waals surface area contributed by atoms with E-state index in [2.05, 4.69) is 10.1 Å². The van der Waals surface area contributed by atoms with E-state index in [4.69, 9.17) is 5.11 Å². The maximum atomic E-state index is 11.2. The molecule has 7 heteroatoms. The predicted octanol–water partition coefficient (Wildman–Crippen LogP) is -0.334. The number of hydrogen-bond acceptors (Lipinski definition) is 4. The van der Waals surface area contributed by atoms with Gasteiger partial charge in [0.1, 0.15) is 6.54 Å². The summed E-state index contributed by atoms with van der Waals surface area (Å²) in [6.07, 6.45) is 0.705. The van der Waals surface area contributed by atoms with E-state index in [1.807, 2.05) is 0 Å². The molecule has 0 aliphatic rings. The number of esters is 1. The Balaban J connectivity index is 3.70. The highest BCUT2D eigenvalue weighted by molar-refractivity contribution is 5.79. The van der Waals surface area contributed by atoms with E-state index in [0.717, 1.165) is 0 Å². The summed E-state index contributed by atoms with van der Waals surface area (Å²) < 4.78 is 4.44. The summed E-state index contributed by atoms with van der Waals surface area (Å²) in [6, 6.07) is -0.479. The monoisotopic (exact) mass is 232 g/mol. The molecule has 92 valence electrons. The third kappa shape index (κ3) is 6.63. The Morgan fingerprint density at radius 3 is 2.50 bits per heavy atom. The molecule has 0 saturated heterocycles. The second-order valence-corrected chi connectivity index (χ2v) is 3.15. The Hall–Kier alpha value is -1.79. The van der Waals surface area contributed by atoms with Crippen molar-refractivity contribution in [1.29, 1.82) is 0 Å². The molecule has 2 N–H and O–H groups in total. The lowest BCUT2D eigenvalue weighted by Gasteiger charge is -2.16. The van der Waals surface area contributed by atoms with Crippen LogP contribution >= 0.6 is 0 Å². The summed E-state index contributed by atoms with van der Waals surface area (Å²) in [7, 11) is 2.82. The van der Waals surface area contributed by atoms with Gasteiger partial charge in [0.05, 0.1) is 7.11 Å². The summed E-state index contributed by atoms with van der Waals surface area (Å²) in [6.45, 7) is -0.0548. The van der Waals surface area contributed by atoms with Gasteiger partial charge in [0.2, 0.25) is 0 Å². The van der Waals surface area contributed by atoms with Crippen molar-refractivity contribution in [3.8, 4) is 0 Å². The standard InChI is InChI=1S/C9H16N2O5/c1-11(5-3-4-8(14)16-2)9(15)10-6-7(12)13/h3-6H2,1-2H3,(H,10,15)(H,12,13). The van der Waals surface area contributed by atoms with Crippen molar-refractivity contribution in [2.45, 2.75) is 12.8 Å². The first-order chi connectivity index (χ1) is 7.47. The van der Waals surface area contributed by atoms with Gasteiger partial charge in [-0.25, -0.2) is 4.79 Å². The number of carboxylic acids is 1. The lowest BCUT2D eigenvalue weighted by molar-refractivity contribution is -0.140. The molecule has 0 bridgehead atoms. The molecule has 0 aromatic rings. The number of nitrogens with one attached hydrogen (secondary N) is 1. The van der Waals surface area contributed by atoms with Crippen molar-refractivity contribution in [3.63, 3.8) is 0 Å². The highest BCUT2D eigenvalue weighted by Crippen LogP contribution is 1.95. The molecular formula is C9H16N2O5. The van der Waals surface area contributed by atoms with Crippen LogP contribution in [0.5, 0.6) is 0 Å². The Bertz CT molecular complexity index is 267. The van der Waals surface area contributed by atoms with Crippen LogP contribution in [0, 0.1) is 0 Å². The number of rotatable bonds is 6. The number of urea groups is 1. The van der Waals surface area contributed by atoms with E-state index in [0.29, 0.717) is 13.0 Å². The number of nitrogens with zero attached hydrogens (tertiary/aromatic N) is 1. The number of ether oxygens (including phenoxy) is 1. The molecule has 2 amide bonds. The molecule has 0 saturated carbocycles. The first-order valence-corrected chi connectivity index (χ1v) is 4.75. The van der Waals surface area contributed by atoms with Crippen LogP contribution < -0.4 is 5.32 Å². The van der Waals surface area contributed by atoms with Crippen molar-refractivity contribution >= 4 is 18.0 Å². The number of hydrogen-bond donors (Lipinski definition) is 2. The Morgan fingerprint density at radius 1 is 1.38 bits per heavy atom. The maximum Gasteiger partial charge on any atom is 0.323 e. The molecular weight excluding hydrogens is 216 g/mol. The van der Waals surface area contributed by atoms with Crippen LogP contribution in [0.25, 0.3) is 0 Å². The minimum Gasteiger partial charge on any atom is -0.480 e. The fourth-order valence-electron chi connectivity index (χ4n) is 0.950. The number of methoxy groups -OCH3 is 1. The summed E-state index contributed by atoms with van der Waals surface area (Å²) in [5.74, 6) is -1.43. The van der Waals surface area contributed by atoms with Gasteiger partial charge in [-0.3, -0.25) is 9.59 Å². The largest absolute Gasteiger partial charge is 0.480 e. The SMILES string of the molecule is COC(=O)CCCN(C)C(=O)NCC(=O)O. The van der Waals surface area contributed by atoms with Gasteiger partial charge in [-0.05, 0) is 6.42 Å². The van der Waals surface area contributed by atoms with Gasteiger partial charge in [-0.15, -0.1) is 0 Å². The summed E-state index contributed by atoms with van der Waals surface area (Å²) in [5.41, 5.74) is 0. The third-order valence-corrected chi connectivity index (χ3v) is 1.84. The molecule has 7 nitrogen and oxygen atoms in total. The average Bonchev–Trinajstić information content (AvgIpc) is 2.25. The van der Waals surface area contributed by atoms with E-state index in [9.17, 15) is 14.4 Å². The fourth-order valence-corrected chi connectivity index (χ4v) is 0.950. The van der Waals surface area contributed by atoms with Gasteiger partial charge < -0.3 is 20.1 Å². The lowest BCUT2D eigenvalue weighted by Crippen LogP contribution is -2.40. The van der Waals surface area contributed by atoms with Crippen molar-refractivity contribution in [2.75, 3.05) is 27.2 Å². The van der Waals surface area contributed by atoms with Crippen LogP contribution in [-0.2, 0) is 14.3 Å². The summed E-state index contributed by atoms with van der Waals surface area (Å²) in [4.78, 5) is 33.5. The van der Waals surface area contributed by atoms with Crippen LogP contribution in [0.3, 0.4) is 0 Å². The van der Waals surface area contributed by atoms with Crippen molar-refractivity contribution < 1.29 is 24.2 Å². The van der Waals surface area contributed by atoms with Crippen molar-refractivity contribution in [1.82, 2.24) is 10.2 Å². The minimum atomic E-state index is -1.10. The molecule has 0 unspecified atom stereocenters. The normalized spacial score (nSPS) is 9.38. The Labute approximate surface area is 93.4 Å². The molecule has 0 aliphatic heterocycles. The molecule has 0 aromatic carbocycles. The quantitative estimate of drug-likeness (QED) is 0.611. The van der Waals surface area contributed by atoms with E-state index >= 15 is 0 Å². The van der Waals surface area contributed by atoms with E-state index in [1.165, 1.54) is 19.1 Å². The third-order valence-electron chi connectivity index (χ3n) is 1.84. The molecule has 0 spiro atoms. The summed E-state index contributed by atoms with van der Waals surface area (Å²) >= 11 is 0. The fraction of sp³-hybridized carbons (Fsp3) is 0.667. The molecule has 0 aliphatic carbocycles. The highest BCUT2D eigenvalue weighted by atomic mass is 16.5. The molecule has 0 fully saturated rings. The van der Waals surface area contributed by atoms with E-state index in [-0.39, 0.29) is 12.4 Å². The number of carbonyl (C=O) groups excluding carboxylic acids is 2. The molecule has 0 heterocycles. The Morgan fingerprint density at radius 2 is 2.00 bits per heavy atom. The molecule has 0 radical (unpaired) electrons. The summed E-state index contributed by atoms with van der Waals surface area (Å²) in [5, 5.41) is 10.5. The smallest absolute Gasteiger partial charge is 0.323 e. The van der Waals surface area contributed by atoms with Crippen LogP contribution in [0.2, 0.25) is 0 Å². The van der Waals surface area contributed by atoms with Crippen molar-refractivity contribution in [2.24, 2.45) is 0 Å². The number of amides is 2. The van der Waals surface area contributed by atoms with Gasteiger partial charge in [0.15, 0.2) is 0 Å². The predicted molar refractivity (Wildman–Crippen MR) is 54.9 cm³/mol. The van der Waals surface area contributed by atoms with Crippen LogP contribution in [-0.4, -0.2) is 55.2 Å². The molecule has 0 atom stereocenters.